The lowest BCUT2D eigenvalue weighted by atomic mass is 9.96. The molecule has 1 heterocycles. The summed E-state index contributed by atoms with van der Waals surface area (Å²) in [7, 11) is -3.20. The molecule has 1 aliphatic rings. The number of rotatable bonds is 7. The van der Waals surface area contributed by atoms with Gasteiger partial charge in [-0.15, -0.1) is 0 Å². The zero-order chi connectivity index (χ0) is 16.2. The summed E-state index contributed by atoms with van der Waals surface area (Å²) < 4.78 is 25.9. The van der Waals surface area contributed by atoms with Crippen molar-refractivity contribution in [3.8, 4) is 0 Å². The van der Waals surface area contributed by atoms with Crippen molar-refractivity contribution < 1.29 is 8.42 Å². The molecule has 1 N–H and O–H groups in total. The normalized spacial score (nSPS) is 14.9. The Morgan fingerprint density at radius 1 is 1.14 bits per heavy atom. The molecule has 0 amide bonds. The lowest BCUT2D eigenvalue weighted by Gasteiger charge is -2.21. The van der Waals surface area contributed by atoms with Gasteiger partial charge in [0.05, 0.1) is 5.75 Å². The number of sulfonamides is 1. The van der Waals surface area contributed by atoms with Gasteiger partial charge in [0.1, 0.15) is 11.6 Å². The summed E-state index contributed by atoms with van der Waals surface area (Å²) in [5.74, 6) is 1.65. The molecule has 0 unspecified atom stereocenters. The largest absolute Gasteiger partial charge is 0.369 e. The molecule has 124 valence electrons. The fourth-order valence-corrected chi connectivity index (χ4v) is 4.31. The van der Waals surface area contributed by atoms with E-state index >= 15 is 0 Å². The van der Waals surface area contributed by atoms with Crippen molar-refractivity contribution in [3.05, 3.63) is 17.1 Å². The van der Waals surface area contributed by atoms with E-state index in [0.29, 0.717) is 19.6 Å². The molecule has 2 rings (SSSR count). The molecule has 0 bridgehead atoms. The van der Waals surface area contributed by atoms with E-state index in [9.17, 15) is 8.42 Å². The maximum absolute atomic E-state index is 12.2. The molecule has 0 fully saturated rings. The van der Waals surface area contributed by atoms with Gasteiger partial charge in [0.25, 0.3) is 0 Å². The number of hydrogen-bond acceptors (Lipinski definition) is 5. The Hall–Kier alpha value is -1.21. The molecule has 1 aromatic heterocycles. The van der Waals surface area contributed by atoms with E-state index in [0.717, 1.165) is 42.2 Å². The highest BCUT2D eigenvalue weighted by molar-refractivity contribution is 7.89. The van der Waals surface area contributed by atoms with Gasteiger partial charge in [-0.05, 0) is 32.6 Å². The van der Waals surface area contributed by atoms with Crippen LogP contribution in [-0.2, 0) is 22.9 Å². The minimum atomic E-state index is -3.20. The van der Waals surface area contributed by atoms with Crippen molar-refractivity contribution in [1.29, 1.82) is 0 Å². The monoisotopic (exact) mass is 326 g/mol. The summed E-state index contributed by atoms with van der Waals surface area (Å²) in [4.78, 5) is 8.97. The Morgan fingerprint density at radius 2 is 1.82 bits per heavy atom. The molecule has 1 aliphatic carbocycles. The van der Waals surface area contributed by atoms with Crippen molar-refractivity contribution in [3.63, 3.8) is 0 Å². The van der Waals surface area contributed by atoms with E-state index in [1.54, 1.807) is 0 Å². The molecule has 0 saturated heterocycles. The molecular formula is C15H26N4O2S. The van der Waals surface area contributed by atoms with Crippen LogP contribution in [0.25, 0.3) is 0 Å². The first kappa shape index (κ1) is 17.1. The van der Waals surface area contributed by atoms with Crippen LogP contribution in [0.1, 0.15) is 43.8 Å². The van der Waals surface area contributed by atoms with Gasteiger partial charge in [-0.2, -0.15) is 0 Å². The van der Waals surface area contributed by atoms with Crippen LogP contribution in [0.5, 0.6) is 0 Å². The molecule has 1 aromatic rings. The number of nitrogens with zero attached hydrogens (tertiary/aromatic N) is 3. The maximum atomic E-state index is 12.2. The standard InChI is InChI=1S/C15H26N4O2S/c1-4-19(5-2)22(20,21)11-10-16-15-13-8-6-7-9-14(13)17-12(3)18-15/h4-11H2,1-3H3,(H,16,17,18). The average Bonchev–Trinajstić information content (AvgIpc) is 2.47. The van der Waals surface area contributed by atoms with Crippen LogP contribution in [0.15, 0.2) is 0 Å². The highest BCUT2D eigenvalue weighted by atomic mass is 32.2. The molecule has 0 aromatic carbocycles. The van der Waals surface area contributed by atoms with Crippen molar-refractivity contribution >= 4 is 15.8 Å². The predicted molar refractivity (Wildman–Crippen MR) is 88.6 cm³/mol. The molecule has 0 spiro atoms. The fourth-order valence-electron chi connectivity index (χ4n) is 2.91. The zero-order valence-electron chi connectivity index (χ0n) is 13.7. The predicted octanol–water partition coefficient (Wildman–Crippen LogP) is 1.75. The van der Waals surface area contributed by atoms with Gasteiger partial charge in [0, 0.05) is 30.9 Å². The van der Waals surface area contributed by atoms with Crippen molar-refractivity contribution in [2.75, 3.05) is 30.7 Å². The minimum absolute atomic E-state index is 0.0898. The number of aryl methyl sites for hydroxylation is 2. The zero-order valence-corrected chi connectivity index (χ0v) is 14.5. The Kier molecular flexibility index (Phi) is 5.74. The van der Waals surface area contributed by atoms with E-state index in [1.807, 2.05) is 20.8 Å². The Morgan fingerprint density at radius 3 is 2.50 bits per heavy atom. The number of anilines is 1. The summed E-state index contributed by atoms with van der Waals surface area (Å²) in [5.41, 5.74) is 2.28. The van der Waals surface area contributed by atoms with E-state index in [4.69, 9.17) is 0 Å². The molecular weight excluding hydrogens is 300 g/mol. The number of hydrogen-bond donors (Lipinski definition) is 1. The number of fused-ring (bicyclic) bond motifs is 1. The fraction of sp³-hybridized carbons (Fsp3) is 0.733. The van der Waals surface area contributed by atoms with E-state index in [1.165, 1.54) is 10.7 Å². The second-order valence-electron chi connectivity index (χ2n) is 5.58. The van der Waals surface area contributed by atoms with E-state index < -0.39 is 10.0 Å². The van der Waals surface area contributed by atoms with Gasteiger partial charge < -0.3 is 5.32 Å². The van der Waals surface area contributed by atoms with Gasteiger partial charge in [0.15, 0.2) is 0 Å². The van der Waals surface area contributed by atoms with Crippen LogP contribution in [0, 0.1) is 6.92 Å². The summed E-state index contributed by atoms with van der Waals surface area (Å²) in [5, 5.41) is 3.22. The Labute approximate surface area is 133 Å². The molecule has 0 radical (unpaired) electrons. The van der Waals surface area contributed by atoms with Gasteiger partial charge in [-0.25, -0.2) is 22.7 Å². The third-order valence-electron chi connectivity index (χ3n) is 4.05. The second kappa shape index (κ2) is 7.37. The van der Waals surface area contributed by atoms with Crippen LogP contribution in [0.3, 0.4) is 0 Å². The second-order valence-corrected chi connectivity index (χ2v) is 7.67. The third-order valence-corrected chi connectivity index (χ3v) is 6.07. The van der Waals surface area contributed by atoms with Crippen molar-refractivity contribution in [1.82, 2.24) is 14.3 Å². The SMILES string of the molecule is CCN(CC)S(=O)(=O)CCNc1nc(C)nc2c1CCCC2. The first-order chi connectivity index (χ1) is 10.5. The smallest absolute Gasteiger partial charge is 0.215 e. The molecule has 22 heavy (non-hydrogen) atoms. The first-order valence-electron chi connectivity index (χ1n) is 8.06. The van der Waals surface area contributed by atoms with E-state index in [2.05, 4.69) is 15.3 Å². The van der Waals surface area contributed by atoms with E-state index in [-0.39, 0.29) is 5.75 Å². The average molecular weight is 326 g/mol. The number of aromatic nitrogens is 2. The molecule has 0 atom stereocenters. The minimum Gasteiger partial charge on any atom is -0.369 e. The first-order valence-corrected chi connectivity index (χ1v) is 9.67. The highest BCUT2D eigenvalue weighted by Gasteiger charge is 2.20. The van der Waals surface area contributed by atoms with Crippen molar-refractivity contribution in [2.24, 2.45) is 0 Å². The Bertz CT molecular complexity index is 612. The highest BCUT2D eigenvalue weighted by Crippen LogP contribution is 2.25. The molecule has 0 saturated carbocycles. The summed E-state index contributed by atoms with van der Waals surface area (Å²) in [6, 6.07) is 0. The van der Waals surface area contributed by atoms with Gasteiger partial charge >= 0.3 is 0 Å². The Balaban J connectivity index is 2.05. The topological polar surface area (TPSA) is 75.2 Å². The molecule has 7 heteroatoms. The summed E-state index contributed by atoms with van der Waals surface area (Å²) >= 11 is 0. The quantitative estimate of drug-likeness (QED) is 0.826. The van der Waals surface area contributed by atoms with Gasteiger partial charge in [-0.3, -0.25) is 0 Å². The third kappa shape index (κ3) is 3.95. The lowest BCUT2D eigenvalue weighted by molar-refractivity contribution is 0.446. The van der Waals surface area contributed by atoms with Crippen LogP contribution in [0.2, 0.25) is 0 Å². The van der Waals surface area contributed by atoms with Crippen LogP contribution in [0.4, 0.5) is 5.82 Å². The van der Waals surface area contributed by atoms with Crippen LogP contribution >= 0.6 is 0 Å². The lowest BCUT2D eigenvalue weighted by Crippen LogP contribution is -2.34. The summed E-state index contributed by atoms with van der Waals surface area (Å²) in [6.07, 6.45) is 4.27. The van der Waals surface area contributed by atoms with Crippen molar-refractivity contribution in [2.45, 2.75) is 46.5 Å². The van der Waals surface area contributed by atoms with Gasteiger partial charge in [0.2, 0.25) is 10.0 Å². The number of nitrogens with one attached hydrogen (secondary N) is 1. The van der Waals surface area contributed by atoms with Gasteiger partial charge in [-0.1, -0.05) is 13.8 Å². The van der Waals surface area contributed by atoms with Crippen LogP contribution < -0.4 is 5.32 Å². The molecule has 0 aliphatic heterocycles. The van der Waals surface area contributed by atoms with Crippen LogP contribution in [-0.4, -0.2) is 48.1 Å². The maximum Gasteiger partial charge on any atom is 0.215 e. The summed E-state index contributed by atoms with van der Waals surface area (Å²) in [6.45, 7) is 7.01. The molecule has 6 nitrogen and oxygen atoms in total.